The molecule has 0 atom stereocenters. The molecule has 88 valence electrons. The van der Waals surface area contributed by atoms with Gasteiger partial charge >= 0.3 is 0 Å². The van der Waals surface area contributed by atoms with Gasteiger partial charge in [-0.3, -0.25) is 0 Å². The Labute approximate surface area is 99.8 Å². The average Bonchev–Trinajstić information content (AvgIpc) is 2.20. The van der Waals surface area contributed by atoms with Crippen molar-refractivity contribution < 1.29 is 4.74 Å². The van der Waals surface area contributed by atoms with Crippen LogP contribution in [0.15, 0.2) is 0 Å². The zero-order valence-corrected chi connectivity index (χ0v) is 10.5. The van der Waals surface area contributed by atoms with Crippen LogP contribution in [0.1, 0.15) is 19.5 Å². The van der Waals surface area contributed by atoms with Crippen LogP contribution in [0.3, 0.4) is 0 Å². The van der Waals surface area contributed by atoms with Gasteiger partial charge in [0.1, 0.15) is 0 Å². The van der Waals surface area contributed by atoms with E-state index in [9.17, 15) is 0 Å². The molecule has 0 aromatic carbocycles. The van der Waals surface area contributed by atoms with Crippen molar-refractivity contribution in [2.24, 2.45) is 0 Å². The van der Waals surface area contributed by atoms with E-state index >= 15 is 0 Å². The van der Waals surface area contributed by atoms with E-state index in [0.29, 0.717) is 23.4 Å². The highest BCUT2D eigenvalue weighted by Crippen LogP contribution is 2.20. The van der Waals surface area contributed by atoms with Crippen molar-refractivity contribution in [1.29, 1.82) is 0 Å². The van der Waals surface area contributed by atoms with Crippen LogP contribution in [0.4, 0.5) is 5.95 Å². The molecule has 0 unspecified atom stereocenters. The van der Waals surface area contributed by atoms with Crippen molar-refractivity contribution in [2.45, 2.75) is 26.4 Å². The van der Waals surface area contributed by atoms with E-state index in [0.717, 1.165) is 13.1 Å². The highest BCUT2D eigenvalue weighted by atomic mass is 35.5. The van der Waals surface area contributed by atoms with Gasteiger partial charge in [-0.15, -0.1) is 10.2 Å². The first kappa shape index (κ1) is 11.5. The number of ether oxygens (including phenoxy) is 1. The predicted molar refractivity (Wildman–Crippen MR) is 61.8 cm³/mol. The van der Waals surface area contributed by atoms with Gasteiger partial charge in [0, 0.05) is 13.1 Å². The summed E-state index contributed by atoms with van der Waals surface area (Å²) in [6.45, 7) is 8.15. The van der Waals surface area contributed by atoms with Crippen LogP contribution in [0.25, 0.3) is 0 Å². The molecule has 16 heavy (non-hydrogen) atoms. The lowest BCUT2D eigenvalue weighted by molar-refractivity contribution is -0.0282. The molecule has 0 N–H and O–H groups in total. The maximum Gasteiger partial charge on any atom is 0.245 e. The lowest BCUT2D eigenvalue weighted by Gasteiger charge is -2.37. The lowest BCUT2D eigenvalue weighted by Crippen LogP contribution is -2.49. The molecule has 0 aliphatic carbocycles. The summed E-state index contributed by atoms with van der Waals surface area (Å²) in [5, 5.41) is 8.24. The van der Waals surface area contributed by atoms with Gasteiger partial charge in [-0.25, -0.2) is 4.98 Å². The summed E-state index contributed by atoms with van der Waals surface area (Å²) in [4.78, 5) is 6.40. The largest absolute Gasteiger partial charge is 0.372 e. The molecule has 1 aromatic rings. The molecule has 2 rings (SSSR count). The van der Waals surface area contributed by atoms with Crippen LogP contribution in [0.5, 0.6) is 0 Å². The van der Waals surface area contributed by atoms with Gasteiger partial charge in [0.2, 0.25) is 5.95 Å². The molecule has 0 radical (unpaired) electrons. The number of aromatic nitrogens is 3. The van der Waals surface area contributed by atoms with Gasteiger partial charge in [0.05, 0.1) is 17.9 Å². The Morgan fingerprint density at radius 2 is 2.12 bits per heavy atom. The first-order chi connectivity index (χ1) is 7.48. The van der Waals surface area contributed by atoms with Gasteiger partial charge in [0.15, 0.2) is 5.15 Å². The summed E-state index contributed by atoms with van der Waals surface area (Å²) < 4.78 is 5.63. The van der Waals surface area contributed by atoms with Gasteiger partial charge < -0.3 is 9.64 Å². The zero-order valence-electron chi connectivity index (χ0n) is 9.70. The standard InChI is InChI=1S/C10H15ClN4O/c1-7-8(11)13-14-9(12-7)15-4-5-16-10(2,3)6-15/h4-6H2,1-3H3. The van der Waals surface area contributed by atoms with E-state index < -0.39 is 0 Å². The first-order valence-corrected chi connectivity index (χ1v) is 5.61. The normalized spacial score (nSPS) is 19.9. The molecular weight excluding hydrogens is 228 g/mol. The van der Waals surface area contributed by atoms with Crippen molar-refractivity contribution >= 4 is 17.5 Å². The Morgan fingerprint density at radius 3 is 2.75 bits per heavy atom. The highest BCUT2D eigenvalue weighted by Gasteiger charge is 2.28. The Hall–Kier alpha value is -0.940. The summed E-state index contributed by atoms with van der Waals surface area (Å²) in [6.07, 6.45) is 0. The third kappa shape index (κ3) is 2.41. The van der Waals surface area contributed by atoms with Crippen molar-refractivity contribution in [3.8, 4) is 0 Å². The maximum absolute atomic E-state index is 5.80. The molecule has 0 spiro atoms. The fraction of sp³-hybridized carbons (Fsp3) is 0.700. The van der Waals surface area contributed by atoms with Gasteiger partial charge in [-0.05, 0) is 20.8 Å². The molecule has 1 aliphatic heterocycles. The van der Waals surface area contributed by atoms with Crippen LogP contribution < -0.4 is 4.90 Å². The number of hydrogen-bond acceptors (Lipinski definition) is 5. The molecule has 1 saturated heterocycles. The molecule has 0 bridgehead atoms. The second-order valence-corrected chi connectivity index (χ2v) is 4.88. The molecule has 0 amide bonds. The fourth-order valence-electron chi connectivity index (χ4n) is 1.70. The topological polar surface area (TPSA) is 51.1 Å². The number of hydrogen-bond donors (Lipinski definition) is 0. The smallest absolute Gasteiger partial charge is 0.245 e. The third-order valence-corrected chi connectivity index (χ3v) is 2.85. The van der Waals surface area contributed by atoms with E-state index in [4.69, 9.17) is 16.3 Å². The van der Waals surface area contributed by atoms with Gasteiger partial charge in [-0.2, -0.15) is 0 Å². The molecular formula is C10H15ClN4O. The third-order valence-electron chi connectivity index (χ3n) is 2.50. The number of morpholine rings is 1. The summed E-state index contributed by atoms with van der Waals surface area (Å²) in [6, 6.07) is 0. The van der Waals surface area contributed by atoms with Gasteiger partial charge in [0.25, 0.3) is 0 Å². The molecule has 0 saturated carbocycles. The summed E-state index contributed by atoms with van der Waals surface area (Å²) in [5.41, 5.74) is 0.533. The van der Waals surface area contributed by atoms with Crippen LogP contribution in [0, 0.1) is 6.92 Å². The molecule has 2 heterocycles. The minimum absolute atomic E-state index is 0.171. The Kier molecular flexibility index (Phi) is 2.99. The van der Waals surface area contributed by atoms with E-state index in [1.165, 1.54) is 0 Å². The zero-order chi connectivity index (χ0) is 11.8. The molecule has 5 nitrogen and oxygen atoms in total. The highest BCUT2D eigenvalue weighted by molar-refractivity contribution is 6.29. The maximum atomic E-state index is 5.80. The van der Waals surface area contributed by atoms with Crippen molar-refractivity contribution in [1.82, 2.24) is 15.2 Å². The predicted octanol–water partition coefficient (Wildman–Crippen LogP) is 1.45. The Morgan fingerprint density at radius 1 is 1.38 bits per heavy atom. The lowest BCUT2D eigenvalue weighted by atomic mass is 10.1. The monoisotopic (exact) mass is 242 g/mol. The summed E-state index contributed by atoms with van der Waals surface area (Å²) in [7, 11) is 0. The molecule has 6 heteroatoms. The van der Waals surface area contributed by atoms with Crippen LogP contribution in [0.2, 0.25) is 5.15 Å². The Balaban J connectivity index is 2.20. The van der Waals surface area contributed by atoms with E-state index in [-0.39, 0.29) is 5.60 Å². The summed E-state index contributed by atoms with van der Waals surface area (Å²) >= 11 is 5.80. The van der Waals surface area contributed by atoms with Crippen molar-refractivity contribution in [2.75, 3.05) is 24.6 Å². The molecule has 1 aliphatic rings. The van der Waals surface area contributed by atoms with Crippen LogP contribution in [-0.2, 0) is 4.74 Å². The Bertz CT molecular complexity index is 396. The van der Waals surface area contributed by atoms with Gasteiger partial charge in [-0.1, -0.05) is 11.6 Å². The second kappa shape index (κ2) is 4.14. The number of aryl methyl sites for hydroxylation is 1. The van der Waals surface area contributed by atoms with E-state index in [2.05, 4.69) is 33.9 Å². The van der Waals surface area contributed by atoms with E-state index in [1.54, 1.807) is 0 Å². The number of halogens is 1. The SMILES string of the molecule is Cc1nc(N2CCOC(C)(C)C2)nnc1Cl. The molecule has 1 aromatic heterocycles. The van der Waals surface area contributed by atoms with Crippen LogP contribution >= 0.6 is 11.6 Å². The summed E-state index contributed by atoms with van der Waals surface area (Å²) in [5.74, 6) is 0.623. The average molecular weight is 243 g/mol. The van der Waals surface area contributed by atoms with Crippen LogP contribution in [-0.4, -0.2) is 40.5 Å². The number of anilines is 1. The number of rotatable bonds is 1. The minimum atomic E-state index is -0.171. The van der Waals surface area contributed by atoms with Crippen molar-refractivity contribution in [3.63, 3.8) is 0 Å². The quantitative estimate of drug-likeness (QED) is 0.746. The fourth-order valence-corrected chi connectivity index (χ4v) is 1.78. The first-order valence-electron chi connectivity index (χ1n) is 5.24. The number of nitrogens with zero attached hydrogens (tertiary/aromatic N) is 4. The minimum Gasteiger partial charge on any atom is -0.372 e. The van der Waals surface area contributed by atoms with Crippen molar-refractivity contribution in [3.05, 3.63) is 10.8 Å². The van der Waals surface area contributed by atoms with E-state index in [1.807, 2.05) is 6.92 Å². The second-order valence-electron chi connectivity index (χ2n) is 4.52. The molecule has 1 fully saturated rings.